The number of aromatic amines is 1. The Morgan fingerprint density at radius 3 is 2.95 bits per heavy atom. The highest BCUT2D eigenvalue weighted by molar-refractivity contribution is 9.10. The second-order valence-corrected chi connectivity index (χ2v) is 5.91. The summed E-state index contributed by atoms with van der Waals surface area (Å²) < 4.78 is 6.04. The molecule has 0 aliphatic rings. The van der Waals surface area contributed by atoms with E-state index in [2.05, 4.69) is 30.9 Å². The third-order valence-corrected chi connectivity index (χ3v) is 4.46. The van der Waals surface area contributed by atoms with Gasteiger partial charge in [0.2, 0.25) is 0 Å². The Morgan fingerprint density at radius 1 is 1.35 bits per heavy atom. The molecule has 3 aromatic rings. The standard InChI is InChI=1S/C13H11BrN4OS/c1-19-8-2-3-10-11(5-8)18-13(17-10)20-12-9(14)4-7(15)6-16-12/h2-6H,15H2,1H3,(H,17,18). The van der Waals surface area contributed by atoms with Gasteiger partial charge in [0.15, 0.2) is 5.16 Å². The summed E-state index contributed by atoms with van der Waals surface area (Å²) >= 11 is 4.89. The fourth-order valence-electron chi connectivity index (χ4n) is 1.75. The second kappa shape index (κ2) is 5.34. The number of aromatic nitrogens is 3. The summed E-state index contributed by atoms with van der Waals surface area (Å²) in [5.74, 6) is 0.796. The van der Waals surface area contributed by atoms with Crippen molar-refractivity contribution in [3.8, 4) is 5.75 Å². The average Bonchev–Trinajstić information content (AvgIpc) is 2.83. The van der Waals surface area contributed by atoms with Crippen molar-refractivity contribution in [2.45, 2.75) is 10.2 Å². The number of nitrogens with one attached hydrogen (secondary N) is 1. The van der Waals surface area contributed by atoms with E-state index in [4.69, 9.17) is 10.5 Å². The third kappa shape index (κ3) is 2.59. The molecule has 0 aliphatic heterocycles. The first-order chi connectivity index (χ1) is 9.65. The number of imidazole rings is 1. The Bertz CT molecular complexity index is 774. The molecule has 3 N–H and O–H groups in total. The smallest absolute Gasteiger partial charge is 0.172 e. The maximum absolute atomic E-state index is 5.68. The molecule has 0 fully saturated rings. The molecule has 0 spiro atoms. The number of H-pyrrole nitrogens is 1. The molecule has 2 aromatic heterocycles. The van der Waals surface area contributed by atoms with Crippen LogP contribution in [0, 0.1) is 0 Å². The van der Waals surface area contributed by atoms with Crippen LogP contribution in [0.3, 0.4) is 0 Å². The Hall–Kier alpha value is -1.73. The van der Waals surface area contributed by atoms with Gasteiger partial charge in [0.1, 0.15) is 10.8 Å². The lowest BCUT2D eigenvalue weighted by molar-refractivity contribution is 0.415. The predicted molar refractivity (Wildman–Crippen MR) is 83.1 cm³/mol. The molecule has 0 bridgehead atoms. The van der Waals surface area contributed by atoms with E-state index in [1.54, 1.807) is 13.3 Å². The number of pyridine rings is 1. The minimum atomic E-state index is 0.621. The van der Waals surface area contributed by atoms with E-state index in [9.17, 15) is 0 Å². The molecule has 20 heavy (non-hydrogen) atoms. The Morgan fingerprint density at radius 2 is 2.20 bits per heavy atom. The van der Waals surface area contributed by atoms with Gasteiger partial charge in [-0.05, 0) is 45.9 Å². The highest BCUT2D eigenvalue weighted by Crippen LogP contribution is 2.32. The van der Waals surface area contributed by atoms with Gasteiger partial charge in [-0.2, -0.15) is 0 Å². The largest absolute Gasteiger partial charge is 0.497 e. The molecule has 0 amide bonds. The number of halogens is 1. The lowest BCUT2D eigenvalue weighted by atomic mass is 10.3. The van der Waals surface area contributed by atoms with Crippen LogP contribution in [0.4, 0.5) is 5.69 Å². The van der Waals surface area contributed by atoms with E-state index in [0.717, 1.165) is 31.4 Å². The number of hydrogen-bond acceptors (Lipinski definition) is 5. The predicted octanol–water partition coefficient (Wildman–Crippen LogP) is 3.46. The van der Waals surface area contributed by atoms with Crippen molar-refractivity contribution in [3.63, 3.8) is 0 Å². The third-order valence-electron chi connectivity index (χ3n) is 2.69. The van der Waals surface area contributed by atoms with Crippen molar-refractivity contribution in [3.05, 3.63) is 34.9 Å². The number of benzene rings is 1. The molecule has 0 radical (unpaired) electrons. The number of ether oxygens (including phenoxy) is 1. The van der Waals surface area contributed by atoms with Crippen LogP contribution in [0.2, 0.25) is 0 Å². The second-order valence-electron chi connectivity index (χ2n) is 4.08. The Labute approximate surface area is 128 Å². The quantitative estimate of drug-likeness (QED) is 0.756. The van der Waals surface area contributed by atoms with Crippen LogP contribution in [0.1, 0.15) is 0 Å². The molecule has 0 unspecified atom stereocenters. The molecule has 5 nitrogen and oxygen atoms in total. The van der Waals surface area contributed by atoms with Crippen LogP contribution in [0.15, 0.2) is 45.1 Å². The first kappa shape index (κ1) is 13.3. The van der Waals surface area contributed by atoms with Crippen LogP contribution in [-0.4, -0.2) is 22.1 Å². The normalized spacial score (nSPS) is 10.9. The zero-order valence-corrected chi connectivity index (χ0v) is 13.0. The van der Waals surface area contributed by atoms with Gasteiger partial charge >= 0.3 is 0 Å². The first-order valence-corrected chi connectivity index (χ1v) is 7.39. The number of nitrogens with two attached hydrogens (primary N) is 1. The van der Waals surface area contributed by atoms with E-state index in [1.165, 1.54) is 11.8 Å². The van der Waals surface area contributed by atoms with Gasteiger partial charge in [0, 0.05) is 6.07 Å². The average molecular weight is 351 g/mol. The number of methoxy groups -OCH3 is 1. The topological polar surface area (TPSA) is 76.8 Å². The molecule has 1 aromatic carbocycles. The van der Waals surface area contributed by atoms with E-state index in [1.807, 2.05) is 24.3 Å². The van der Waals surface area contributed by atoms with Gasteiger partial charge in [-0.1, -0.05) is 0 Å². The van der Waals surface area contributed by atoms with Crippen molar-refractivity contribution in [2.24, 2.45) is 0 Å². The van der Waals surface area contributed by atoms with Crippen molar-refractivity contribution < 1.29 is 4.74 Å². The van der Waals surface area contributed by atoms with Gasteiger partial charge < -0.3 is 15.5 Å². The molecule has 0 atom stereocenters. The fourth-order valence-corrected chi connectivity index (χ4v) is 3.11. The van der Waals surface area contributed by atoms with E-state index < -0.39 is 0 Å². The van der Waals surface area contributed by atoms with Gasteiger partial charge in [-0.3, -0.25) is 0 Å². The molecule has 0 aliphatic carbocycles. The molecule has 3 rings (SSSR count). The number of hydrogen-bond donors (Lipinski definition) is 2. The van der Waals surface area contributed by atoms with E-state index in [-0.39, 0.29) is 0 Å². The lowest BCUT2D eigenvalue weighted by Crippen LogP contribution is -1.89. The Balaban J connectivity index is 1.94. The minimum Gasteiger partial charge on any atom is -0.497 e. The number of nitrogens with zero attached hydrogens (tertiary/aromatic N) is 2. The number of rotatable bonds is 3. The van der Waals surface area contributed by atoms with Gasteiger partial charge in [-0.15, -0.1) is 0 Å². The first-order valence-electron chi connectivity index (χ1n) is 5.78. The Kier molecular flexibility index (Phi) is 3.54. The van der Waals surface area contributed by atoms with Gasteiger partial charge in [0.25, 0.3) is 0 Å². The summed E-state index contributed by atoms with van der Waals surface area (Å²) in [6.45, 7) is 0. The SMILES string of the molecule is COc1ccc2nc(Sc3ncc(N)cc3Br)[nH]c2c1. The van der Waals surface area contributed by atoms with Crippen LogP contribution in [-0.2, 0) is 0 Å². The van der Waals surface area contributed by atoms with Crippen LogP contribution in [0.25, 0.3) is 11.0 Å². The molecular weight excluding hydrogens is 340 g/mol. The zero-order chi connectivity index (χ0) is 14.1. The van der Waals surface area contributed by atoms with Crippen LogP contribution < -0.4 is 10.5 Å². The van der Waals surface area contributed by atoms with Crippen molar-refractivity contribution in [1.29, 1.82) is 0 Å². The monoisotopic (exact) mass is 350 g/mol. The summed E-state index contributed by atoms with van der Waals surface area (Å²) in [4.78, 5) is 12.0. The molecule has 0 saturated heterocycles. The molecule has 2 heterocycles. The molecule has 0 saturated carbocycles. The highest BCUT2D eigenvalue weighted by Gasteiger charge is 2.09. The zero-order valence-electron chi connectivity index (χ0n) is 10.6. The number of anilines is 1. The van der Waals surface area contributed by atoms with E-state index in [0.29, 0.717) is 5.69 Å². The molecule has 7 heteroatoms. The molecular formula is C13H11BrN4OS. The minimum absolute atomic E-state index is 0.621. The van der Waals surface area contributed by atoms with Gasteiger partial charge in [0.05, 0.1) is 34.5 Å². The fraction of sp³-hybridized carbons (Fsp3) is 0.0769. The summed E-state index contributed by atoms with van der Waals surface area (Å²) in [6.07, 6.45) is 1.62. The van der Waals surface area contributed by atoms with Gasteiger partial charge in [-0.25, -0.2) is 9.97 Å². The van der Waals surface area contributed by atoms with E-state index >= 15 is 0 Å². The van der Waals surface area contributed by atoms with Crippen molar-refractivity contribution in [2.75, 3.05) is 12.8 Å². The molecule has 102 valence electrons. The number of fused-ring (bicyclic) bond motifs is 1. The maximum Gasteiger partial charge on any atom is 0.172 e. The number of nitrogen functional groups attached to an aromatic ring is 1. The maximum atomic E-state index is 5.68. The van der Waals surface area contributed by atoms with Crippen molar-refractivity contribution >= 4 is 44.4 Å². The lowest BCUT2D eigenvalue weighted by Gasteiger charge is -2.01. The summed E-state index contributed by atoms with van der Waals surface area (Å²) in [5.41, 5.74) is 8.11. The summed E-state index contributed by atoms with van der Waals surface area (Å²) in [5, 5.41) is 1.58. The highest BCUT2D eigenvalue weighted by atomic mass is 79.9. The van der Waals surface area contributed by atoms with Crippen LogP contribution in [0.5, 0.6) is 5.75 Å². The van der Waals surface area contributed by atoms with Crippen molar-refractivity contribution in [1.82, 2.24) is 15.0 Å². The summed E-state index contributed by atoms with van der Waals surface area (Å²) in [6, 6.07) is 7.54. The van der Waals surface area contributed by atoms with Crippen LogP contribution >= 0.6 is 27.7 Å². The summed E-state index contributed by atoms with van der Waals surface area (Å²) in [7, 11) is 1.64.